The summed E-state index contributed by atoms with van der Waals surface area (Å²) in [6, 6.07) is 11.5. The van der Waals surface area contributed by atoms with Crippen molar-refractivity contribution in [2.75, 3.05) is 20.2 Å². The second kappa shape index (κ2) is 9.65. The molecule has 0 aliphatic rings. The predicted octanol–water partition coefficient (Wildman–Crippen LogP) is 2.80. The molecule has 0 atom stereocenters. The Hall–Kier alpha value is -2.76. The highest BCUT2D eigenvalue weighted by Crippen LogP contribution is 2.08. The number of aromatic nitrogens is 1. The van der Waals surface area contributed by atoms with Crippen LogP contribution in [-0.4, -0.2) is 41.6 Å². The molecule has 0 fully saturated rings. The van der Waals surface area contributed by atoms with Crippen LogP contribution in [0.25, 0.3) is 0 Å². The Kier molecular flexibility index (Phi) is 7.26. The predicted molar refractivity (Wildman–Crippen MR) is 104 cm³/mol. The Morgan fingerprint density at radius 2 is 1.96 bits per heavy atom. The van der Waals surface area contributed by atoms with Gasteiger partial charge in [-0.1, -0.05) is 12.1 Å². The van der Waals surface area contributed by atoms with Crippen molar-refractivity contribution in [3.05, 3.63) is 59.4 Å². The van der Waals surface area contributed by atoms with Crippen molar-refractivity contribution in [3.63, 3.8) is 0 Å². The van der Waals surface area contributed by atoms with Crippen LogP contribution in [0.4, 0.5) is 0 Å². The molecule has 6 nitrogen and oxygen atoms in total. The van der Waals surface area contributed by atoms with E-state index in [-0.39, 0.29) is 5.97 Å². The van der Waals surface area contributed by atoms with Gasteiger partial charge in [-0.2, -0.15) is 0 Å². The molecule has 0 saturated heterocycles. The van der Waals surface area contributed by atoms with Crippen molar-refractivity contribution in [2.24, 2.45) is 12.0 Å². The summed E-state index contributed by atoms with van der Waals surface area (Å²) in [5.41, 5.74) is 2.82. The summed E-state index contributed by atoms with van der Waals surface area (Å²) in [6.45, 7) is 6.36. The standard InChI is InChI=1S/C20H28N4O2/c1-5-21-20(24(4)15-18-8-7-13-23(18)3)22-14-16-9-11-17(12-10-16)19(25)26-6-2/h7-13H,5-6,14-15H2,1-4H3,(H,21,22). The monoisotopic (exact) mass is 356 g/mol. The number of aryl methyl sites for hydroxylation is 1. The normalized spacial score (nSPS) is 11.3. The van der Waals surface area contributed by atoms with E-state index >= 15 is 0 Å². The van der Waals surface area contributed by atoms with Gasteiger partial charge in [0, 0.05) is 32.5 Å². The fourth-order valence-electron chi connectivity index (χ4n) is 2.58. The summed E-state index contributed by atoms with van der Waals surface area (Å²) >= 11 is 0. The first-order chi connectivity index (χ1) is 12.5. The van der Waals surface area contributed by atoms with Gasteiger partial charge in [0.2, 0.25) is 0 Å². The smallest absolute Gasteiger partial charge is 0.338 e. The van der Waals surface area contributed by atoms with Gasteiger partial charge in [-0.3, -0.25) is 0 Å². The number of nitrogens with one attached hydrogen (secondary N) is 1. The van der Waals surface area contributed by atoms with Crippen molar-refractivity contribution in [1.29, 1.82) is 0 Å². The molecule has 26 heavy (non-hydrogen) atoms. The van der Waals surface area contributed by atoms with E-state index in [1.54, 1.807) is 19.1 Å². The molecule has 1 aromatic heterocycles. The number of aliphatic imine (C=N–C) groups is 1. The molecular weight excluding hydrogens is 328 g/mol. The number of rotatable bonds is 7. The maximum Gasteiger partial charge on any atom is 0.338 e. The number of hydrogen-bond donors (Lipinski definition) is 1. The van der Waals surface area contributed by atoms with E-state index in [1.807, 2.05) is 38.5 Å². The molecule has 0 unspecified atom stereocenters. The van der Waals surface area contributed by atoms with Crippen LogP contribution in [-0.2, 0) is 24.9 Å². The highest BCUT2D eigenvalue weighted by Gasteiger charge is 2.09. The lowest BCUT2D eigenvalue weighted by Crippen LogP contribution is -2.38. The summed E-state index contributed by atoms with van der Waals surface area (Å²) in [7, 11) is 4.07. The number of guanidine groups is 1. The fourth-order valence-corrected chi connectivity index (χ4v) is 2.58. The number of ether oxygens (including phenoxy) is 1. The molecule has 6 heteroatoms. The average Bonchev–Trinajstić information content (AvgIpc) is 3.04. The summed E-state index contributed by atoms with van der Waals surface area (Å²) < 4.78 is 7.11. The molecule has 1 heterocycles. The van der Waals surface area contributed by atoms with Gasteiger partial charge in [0.05, 0.1) is 25.3 Å². The van der Waals surface area contributed by atoms with Crippen LogP contribution < -0.4 is 5.32 Å². The van der Waals surface area contributed by atoms with Gasteiger partial charge < -0.3 is 19.5 Å². The largest absolute Gasteiger partial charge is 0.462 e. The molecule has 1 aromatic carbocycles. The maximum atomic E-state index is 11.7. The van der Waals surface area contributed by atoms with Crippen LogP contribution in [0.15, 0.2) is 47.6 Å². The van der Waals surface area contributed by atoms with Crippen molar-refractivity contribution in [2.45, 2.75) is 26.9 Å². The lowest BCUT2D eigenvalue weighted by atomic mass is 10.1. The lowest BCUT2D eigenvalue weighted by molar-refractivity contribution is 0.0526. The number of nitrogens with zero attached hydrogens (tertiary/aromatic N) is 3. The Bertz CT molecular complexity index is 735. The first-order valence-electron chi connectivity index (χ1n) is 8.90. The van der Waals surface area contributed by atoms with Crippen LogP contribution in [0.2, 0.25) is 0 Å². The second-order valence-corrected chi connectivity index (χ2v) is 6.05. The molecule has 0 aliphatic heterocycles. The molecule has 140 valence electrons. The van der Waals surface area contributed by atoms with Gasteiger partial charge in [0.25, 0.3) is 0 Å². The van der Waals surface area contributed by atoms with Crippen LogP contribution in [0.5, 0.6) is 0 Å². The highest BCUT2D eigenvalue weighted by atomic mass is 16.5. The zero-order chi connectivity index (χ0) is 18.9. The SMILES string of the molecule is CCNC(=NCc1ccc(C(=O)OCC)cc1)N(C)Cc1cccn1C. The topological polar surface area (TPSA) is 58.9 Å². The summed E-state index contributed by atoms with van der Waals surface area (Å²) in [4.78, 5) is 18.5. The molecule has 0 saturated carbocycles. The summed E-state index contributed by atoms with van der Waals surface area (Å²) in [5, 5.41) is 3.32. The minimum atomic E-state index is -0.293. The van der Waals surface area contributed by atoms with Crippen molar-refractivity contribution in [3.8, 4) is 0 Å². The Morgan fingerprint density at radius 1 is 1.23 bits per heavy atom. The summed E-state index contributed by atoms with van der Waals surface area (Å²) in [5.74, 6) is 0.557. The quantitative estimate of drug-likeness (QED) is 0.471. The van der Waals surface area contributed by atoms with E-state index in [9.17, 15) is 4.79 Å². The van der Waals surface area contributed by atoms with E-state index in [4.69, 9.17) is 9.73 Å². The molecule has 0 spiro atoms. The highest BCUT2D eigenvalue weighted by molar-refractivity contribution is 5.89. The van der Waals surface area contributed by atoms with Crippen LogP contribution in [0.1, 0.15) is 35.5 Å². The van der Waals surface area contributed by atoms with Gasteiger partial charge in [-0.05, 0) is 43.7 Å². The molecule has 2 aromatic rings. The third-order valence-electron chi connectivity index (χ3n) is 4.02. The van der Waals surface area contributed by atoms with E-state index in [0.717, 1.165) is 24.6 Å². The fraction of sp³-hybridized carbons (Fsp3) is 0.400. The number of carbonyl (C=O) groups is 1. The van der Waals surface area contributed by atoms with E-state index in [1.165, 1.54) is 5.69 Å². The molecule has 0 amide bonds. The zero-order valence-corrected chi connectivity index (χ0v) is 16.0. The average molecular weight is 356 g/mol. The van der Waals surface area contributed by atoms with E-state index in [0.29, 0.717) is 18.7 Å². The molecule has 1 N–H and O–H groups in total. The van der Waals surface area contributed by atoms with Gasteiger partial charge in [-0.15, -0.1) is 0 Å². The Morgan fingerprint density at radius 3 is 2.54 bits per heavy atom. The zero-order valence-electron chi connectivity index (χ0n) is 16.0. The number of carbonyl (C=O) groups excluding carboxylic acids is 1. The second-order valence-electron chi connectivity index (χ2n) is 6.05. The van der Waals surface area contributed by atoms with Crippen LogP contribution >= 0.6 is 0 Å². The molecule has 2 rings (SSSR count). The first kappa shape index (κ1) is 19.6. The molecule has 0 radical (unpaired) electrons. The van der Waals surface area contributed by atoms with Crippen molar-refractivity contribution >= 4 is 11.9 Å². The van der Waals surface area contributed by atoms with Crippen molar-refractivity contribution in [1.82, 2.24) is 14.8 Å². The van der Waals surface area contributed by atoms with Gasteiger partial charge >= 0.3 is 5.97 Å². The number of hydrogen-bond acceptors (Lipinski definition) is 3. The first-order valence-corrected chi connectivity index (χ1v) is 8.90. The molecular formula is C20H28N4O2. The minimum Gasteiger partial charge on any atom is -0.462 e. The maximum absolute atomic E-state index is 11.7. The van der Waals surface area contributed by atoms with Gasteiger partial charge in [0.15, 0.2) is 5.96 Å². The van der Waals surface area contributed by atoms with Gasteiger partial charge in [-0.25, -0.2) is 9.79 Å². The van der Waals surface area contributed by atoms with Crippen LogP contribution in [0.3, 0.4) is 0 Å². The number of esters is 1. The third-order valence-corrected chi connectivity index (χ3v) is 4.02. The van der Waals surface area contributed by atoms with Crippen molar-refractivity contribution < 1.29 is 9.53 Å². The molecule has 0 bridgehead atoms. The lowest BCUT2D eigenvalue weighted by Gasteiger charge is -2.22. The Balaban J connectivity index is 2.03. The molecule has 0 aliphatic carbocycles. The van der Waals surface area contributed by atoms with E-state index < -0.39 is 0 Å². The van der Waals surface area contributed by atoms with Gasteiger partial charge in [0.1, 0.15) is 0 Å². The van der Waals surface area contributed by atoms with E-state index in [2.05, 4.69) is 27.8 Å². The minimum absolute atomic E-state index is 0.293. The Labute approximate surface area is 155 Å². The van der Waals surface area contributed by atoms with Crippen LogP contribution in [0, 0.1) is 0 Å². The summed E-state index contributed by atoms with van der Waals surface area (Å²) in [6.07, 6.45) is 2.04. The third kappa shape index (κ3) is 5.37. The number of benzene rings is 1.